The molecule has 1 unspecified atom stereocenters. The van der Waals surface area contributed by atoms with Gasteiger partial charge in [0.15, 0.2) is 0 Å². The van der Waals surface area contributed by atoms with Gasteiger partial charge in [-0.3, -0.25) is 19.7 Å². The second-order valence-corrected chi connectivity index (χ2v) is 5.35. The van der Waals surface area contributed by atoms with Gasteiger partial charge in [-0.1, -0.05) is 12.1 Å². The number of benzene rings is 1. The van der Waals surface area contributed by atoms with Crippen molar-refractivity contribution in [3.8, 4) is 0 Å². The molecule has 1 aromatic carbocycles. The van der Waals surface area contributed by atoms with E-state index in [2.05, 4.69) is 5.32 Å². The molecule has 0 saturated carbocycles. The summed E-state index contributed by atoms with van der Waals surface area (Å²) in [5.41, 5.74) is -0.924. The van der Waals surface area contributed by atoms with E-state index in [0.717, 1.165) is 11.0 Å². The average Bonchev–Trinajstić information content (AvgIpc) is 2.75. The number of nitrogens with zero attached hydrogens (tertiary/aromatic N) is 1. The number of halogens is 3. The first-order valence-electron chi connectivity index (χ1n) is 6.75. The Bertz CT molecular complexity index is 696. The molecule has 0 bridgehead atoms. The van der Waals surface area contributed by atoms with Crippen LogP contribution in [-0.4, -0.2) is 35.6 Å². The van der Waals surface area contributed by atoms with Gasteiger partial charge in [0.25, 0.3) is 5.91 Å². The molecule has 1 aromatic rings. The van der Waals surface area contributed by atoms with E-state index in [9.17, 15) is 27.3 Å². The number of fused-ring (bicyclic) bond motifs is 1. The molecule has 23 heavy (non-hydrogen) atoms. The third kappa shape index (κ3) is 3.41. The molecule has 1 atom stereocenters. The molecule has 0 spiro atoms. The van der Waals surface area contributed by atoms with E-state index in [0.29, 0.717) is 0 Å². The molecule has 2 aliphatic heterocycles. The number of imide groups is 1. The quantitative estimate of drug-likeness (QED) is 0.474. The van der Waals surface area contributed by atoms with Crippen LogP contribution < -0.4 is 62.2 Å². The number of hydrogen-bond acceptors (Lipinski definition) is 3. The normalized spacial score (nSPS) is 20.9. The van der Waals surface area contributed by atoms with E-state index >= 15 is 0 Å². The first-order valence-corrected chi connectivity index (χ1v) is 6.75. The molecule has 0 aromatic heterocycles. The van der Waals surface area contributed by atoms with Crippen molar-refractivity contribution < 1.29 is 78.7 Å². The zero-order chi connectivity index (χ0) is 16.1. The number of amides is 3. The third-order valence-electron chi connectivity index (χ3n) is 3.97. The van der Waals surface area contributed by atoms with Crippen LogP contribution in [0.3, 0.4) is 0 Å². The van der Waals surface area contributed by atoms with Crippen molar-refractivity contribution >= 4 is 30.2 Å². The van der Waals surface area contributed by atoms with E-state index in [4.69, 9.17) is 0 Å². The van der Waals surface area contributed by atoms with Crippen molar-refractivity contribution in [1.82, 2.24) is 10.2 Å². The van der Waals surface area contributed by atoms with Gasteiger partial charge in [0, 0.05) is 18.5 Å². The number of carbonyl (C=O) groups excluding carboxylic acids is 3. The van der Waals surface area contributed by atoms with Gasteiger partial charge in [-0.05, 0) is 18.1 Å². The summed E-state index contributed by atoms with van der Waals surface area (Å²) in [7, 11) is 0. The molecular weight excluding hydrogens is 339 g/mol. The van der Waals surface area contributed by atoms with E-state index in [-0.39, 0.29) is 81.9 Å². The van der Waals surface area contributed by atoms with E-state index in [1.165, 1.54) is 12.1 Å². The summed E-state index contributed by atoms with van der Waals surface area (Å²) in [6.45, 7) is -5.50. The van der Waals surface area contributed by atoms with Gasteiger partial charge in [-0.25, -0.2) is 0 Å². The number of carbonyl (C=O) groups is 3. The van der Waals surface area contributed by atoms with Crippen molar-refractivity contribution in [3.63, 3.8) is 0 Å². The van der Waals surface area contributed by atoms with Gasteiger partial charge in [-0.2, -0.15) is 0 Å². The van der Waals surface area contributed by atoms with Crippen molar-refractivity contribution in [2.75, 3.05) is 0 Å². The predicted octanol–water partition coefficient (Wildman–Crippen LogP) is -2.49. The van der Waals surface area contributed by atoms with Crippen LogP contribution in [0.25, 0.3) is 0 Å². The molecule has 1 fully saturated rings. The number of hydrogen-bond donors (Lipinski definition) is 1. The predicted molar refractivity (Wildman–Crippen MR) is 71.2 cm³/mol. The fraction of sp³-hybridized carbons (Fsp3) is 0.308. The first-order chi connectivity index (χ1) is 10.3. The number of piperidine rings is 1. The van der Waals surface area contributed by atoms with Crippen molar-refractivity contribution in [1.29, 1.82) is 0 Å². The standard InChI is InChI=1S/C13H11BF3N2O3.K/c15-14(16,17)9-3-1-2-7-8(9)6-19(13(7)22)10-4-5-11(20)18-12(10)21;/h1-3,10H,4-6H2,(H,18,20,21);/q-1;+1. The number of rotatable bonds is 2. The summed E-state index contributed by atoms with van der Waals surface area (Å²) in [5, 5.41) is 2.11. The van der Waals surface area contributed by atoms with E-state index < -0.39 is 36.2 Å². The smallest absolute Gasteiger partial charge is 0.445 e. The molecular formula is C13H11BF3KN2O3. The van der Waals surface area contributed by atoms with Crippen LogP contribution >= 0.6 is 0 Å². The Labute approximate surface area is 172 Å². The first kappa shape index (κ1) is 18.7. The third-order valence-corrected chi connectivity index (χ3v) is 3.97. The van der Waals surface area contributed by atoms with Crippen LogP contribution in [0.5, 0.6) is 0 Å². The molecule has 3 rings (SSSR count). The van der Waals surface area contributed by atoms with Gasteiger partial charge in [0.1, 0.15) is 6.04 Å². The molecule has 2 heterocycles. The summed E-state index contributed by atoms with van der Waals surface area (Å²) in [6.07, 6.45) is 0.184. The van der Waals surface area contributed by atoms with Crippen LogP contribution in [0.2, 0.25) is 0 Å². The van der Waals surface area contributed by atoms with Gasteiger partial charge in [0.2, 0.25) is 11.8 Å². The molecule has 2 aliphatic rings. The van der Waals surface area contributed by atoms with Gasteiger partial charge < -0.3 is 17.8 Å². The van der Waals surface area contributed by atoms with Gasteiger partial charge in [-0.15, -0.1) is 5.46 Å². The van der Waals surface area contributed by atoms with Gasteiger partial charge >= 0.3 is 58.4 Å². The summed E-state index contributed by atoms with van der Waals surface area (Å²) in [6, 6.07) is 2.55. The fourth-order valence-electron chi connectivity index (χ4n) is 2.92. The molecule has 116 valence electrons. The van der Waals surface area contributed by atoms with Crippen molar-refractivity contribution in [3.05, 3.63) is 29.3 Å². The molecule has 0 aliphatic carbocycles. The minimum absolute atomic E-state index is 0. The Kier molecular flexibility index (Phi) is 5.41. The Morgan fingerprint density at radius 1 is 1.17 bits per heavy atom. The van der Waals surface area contributed by atoms with Crippen molar-refractivity contribution in [2.45, 2.75) is 25.4 Å². The molecule has 10 heteroatoms. The topological polar surface area (TPSA) is 66.5 Å². The van der Waals surface area contributed by atoms with Crippen LogP contribution in [-0.2, 0) is 16.1 Å². The van der Waals surface area contributed by atoms with Crippen LogP contribution in [0, 0.1) is 0 Å². The summed E-state index contributed by atoms with van der Waals surface area (Å²) in [4.78, 5) is 36.4. The zero-order valence-electron chi connectivity index (χ0n) is 12.3. The second-order valence-electron chi connectivity index (χ2n) is 5.35. The maximum Gasteiger partial charge on any atom is 1.00 e. The Morgan fingerprint density at radius 2 is 1.87 bits per heavy atom. The average molecular weight is 350 g/mol. The maximum absolute atomic E-state index is 13.1. The molecule has 0 radical (unpaired) electrons. The van der Waals surface area contributed by atoms with Gasteiger partial charge in [0.05, 0.1) is 0 Å². The maximum atomic E-state index is 13.1. The Balaban J connectivity index is 0.00000192. The summed E-state index contributed by atoms with van der Waals surface area (Å²) < 4.78 is 39.2. The summed E-state index contributed by atoms with van der Waals surface area (Å²) in [5.74, 6) is -1.69. The Hall–Kier alpha value is -0.679. The Morgan fingerprint density at radius 3 is 2.48 bits per heavy atom. The van der Waals surface area contributed by atoms with Crippen LogP contribution in [0.4, 0.5) is 12.9 Å². The second kappa shape index (κ2) is 6.67. The largest absolute Gasteiger partial charge is 1.00 e. The molecule has 1 saturated heterocycles. The monoisotopic (exact) mass is 350 g/mol. The fourth-order valence-corrected chi connectivity index (χ4v) is 2.92. The molecule has 3 amide bonds. The van der Waals surface area contributed by atoms with E-state index in [1.807, 2.05) is 0 Å². The minimum Gasteiger partial charge on any atom is -0.445 e. The molecule has 5 nitrogen and oxygen atoms in total. The van der Waals surface area contributed by atoms with Crippen molar-refractivity contribution in [2.24, 2.45) is 0 Å². The van der Waals surface area contributed by atoms with Crippen LogP contribution in [0.1, 0.15) is 28.8 Å². The van der Waals surface area contributed by atoms with Crippen LogP contribution in [0.15, 0.2) is 18.2 Å². The number of nitrogens with one attached hydrogen (secondary N) is 1. The minimum atomic E-state index is -5.24. The summed E-state index contributed by atoms with van der Waals surface area (Å²) >= 11 is 0. The zero-order valence-corrected chi connectivity index (χ0v) is 15.4. The molecule has 1 N–H and O–H groups in total. The SMILES string of the molecule is O=C1CCC(N2Cc3c(cccc3[B-](F)(F)F)C2=O)C(=O)N1.[K+]. The van der Waals surface area contributed by atoms with E-state index in [1.54, 1.807) is 0 Å².